The van der Waals surface area contributed by atoms with E-state index in [4.69, 9.17) is 4.74 Å². The summed E-state index contributed by atoms with van der Waals surface area (Å²) in [7, 11) is -1.59. The maximum Gasteiger partial charge on any atom is 0.317 e. The van der Waals surface area contributed by atoms with Gasteiger partial charge < -0.3 is 15.0 Å². The number of sulfonamides is 1. The van der Waals surface area contributed by atoms with E-state index in [0.717, 1.165) is 63.9 Å². The van der Waals surface area contributed by atoms with Crippen LogP contribution in [0.4, 0.5) is 10.5 Å². The second-order valence-corrected chi connectivity index (χ2v) is 10.5. The number of benzene rings is 2. The highest BCUT2D eigenvalue weighted by atomic mass is 32.2. The van der Waals surface area contributed by atoms with Crippen LogP contribution in [0.15, 0.2) is 48.5 Å². The molecule has 0 atom stereocenters. The molecule has 3 rings (SSSR count). The van der Waals surface area contributed by atoms with Crippen LogP contribution in [-0.4, -0.2) is 63.2 Å². The number of carbonyl (C=O) groups is 1. The van der Waals surface area contributed by atoms with Crippen LogP contribution in [-0.2, 0) is 16.6 Å². The number of amides is 2. The maximum absolute atomic E-state index is 12.3. The van der Waals surface area contributed by atoms with E-state index in [0.29, 0.717) is 17.5 Å². The third kappa shape index (κ3) is 7.92. The lowest BCUT2D eigenvalue weighted by Gasteiger charge is -2.38. The summed E-state index contributed by atoms with van der Waals surface area (Å²) in [5, 5.41) is 2.79. The number of piperidine rings is 1. The Bertz CT molecular complexity index is 1020. The highest BCUT2D eigenvalue weighted by Gasteiger charge is 2.27. The van der Waals surface area contributed by atoms with Crippen LogP contribution >= 0.6 is 0 Å². The molecule has 0 aliphatic carbocycles. The van der Waals surface area contributed by atoms with Crippen molar-refractivity contribution in [2.24, 2.45) is 0 Å². The van der Waals surface area contributed by atoms with E-state index < -0.39 is 10.0 Å². The molecule has 1 saturated heterocycles. The van der Waals surface area contributed by atoms with Gasteiger partial charge in [-0.05, 0) is 61.2 Å². The van der Waals surface area contributed by atoms with Crippen molar-refractivity contribution in [3.05, 3.63) is 54.1 Å². The molecule has 2 aromatic rings. The quantitative estimate of drug-likeness (QED) is 0.522. The van der Waals surface area contributed by atoms with Gasteiger partial charge in [-0.2, -0.15) is 0 Å². The van der Waals surface area contributed by atoms with Crippen molar-refractivity contribution >= 4 is 21.7 Å². The highest BCUT2D eigenvalue weighted by molar-refractivity contribution is 7.92. The lowest BCUT2D eigenvalue weighted by Crippen LogP contribution is -2.50. The van der Waals surface area contributed by atoms with Crippen LogP contribution in [0.5, 0.6) is 11.5 Å². The van der Waals surface area contributed by atoms with Crippen molar-refractivity contribution in [2.75, 3.05) is 37.7 Å². The van der Waals surface area contributed by atoms with E-state index in [2.05, 4.69) is 34.0 Å². The number of rotatable bonds is 10. The number of anilines is 1. The molecule has 0 unspecified atom stereocenters. The van der Waals surface area contributed by atoms with E-state index in [1.807, 2.05) is 17.0 Å². The topological polar surface area (TPSA) is 91.0 Å². The Morgan fingerprint density at radius 2 is 1.65 bits per heavy atom. The summed E-state index contributed by atoms with van der Waals surface area (Å²) in [5.74, 6) is 1.36. The summed E-state index contributed by atoms with van der Waals surface area (Å²) in [5.41, 5.74) is 1.71. The van der Waals surface area contributed by atoms with Gasteiger partial charge in [-0.3, -0.25) is 9.62 Å². The Hall–Kier alpha value is -2.78. The predicted molar refractivity (Wildman–Crippen MR) is 136 cm³/mol. The van der Waals surface area contributed by atoms with Crippen molar-refractivity contribution < 1.29 is 17.9 Å². The molecule has 0 aromatic heterocycles. The van der Waals surface area contributed by atoms with E-state index in [1.54, 1.807) is 31.3 Å². The number of urea groups is 1. The Balaban J connectivity index is 1.49. The fraction of sp³-hybridized carbons (Fsp3) is 0.480. The number of unbranched alkanes of at least 4 members (excludes halogenated alkanes) is 1. The van der Waals surface area contributed by atoms with Gasteiger partial charge in [0.05, 0.1) is 6.26 Å². The molecule has 2 amide bonds. The molecular formula is C25H36N4O4S. The SMILES string of the molecule is CCCCN(C(=O)NC)C1CCN(Cc2ccc(Oc3ccc(NS(C)(=O)=O)cc3)cc2)CC1. The molecule has 2 aromatic carbocycles. The van der Waals surface area contributed by atoms with Gasteiger partial charge in [-0.15, -0.1) is 0 Å². The van der Waals surface area contributed by atoms with Crippen LogP contribution in [0.3, 0.4) is 0 Å². The first-order valence-electron chi connectivity index (χ1n) is 11.8. The summed E-state index contributed by atoms with van der Waals surface area (Å²) >= 11 is 0. The van der Waals surface area contributed by atoms with Crippen LogP contribution in [0, 0.1) is 0 Å². The Morgan fingerprint density at radius 3 is 2.18 bits per heavy atom. The Kier molecular flexibility index (Phi) is 9.18. The molecule has 34 heavy (non-hydrogen) atoms. The molecule has 1 aliphatic heterocycles. The smallest absolute Gasteiger partial charge is 0.317 e. The normalized spacial score (nSPS) is 15.0. The number of hydrogen-bond acceptors (Lipinski definition) is 5. The number of nitrogens with zero attached hydrogens (tertiary/aromatic N) is 2. The molecule has 1 heterocycles. The van der Waals surface area contributed by atoms with Crippen molar-refractivity contribution in [1.29, 1.82) is 0 Å². The second-order valence-electron chi connectivity index (χ2n) is 8.75. The minimum atomic E-state index is -3.30. The first kappa shape index (κ1) is 25.8. The third-order valence-corrected chi connectivity index (χ3v) is 6.55. The summed E-state index contributed by atoms with van der Waals surface area (Å²) < 4.78 is 30.9. The number of hydrogen-bond donors (Lipinski definition) is 2. The van der Waals surface area contributed by atoms with E-state index in [1.165, 1.54) is 5.56 Å². The van der Waals surface area contributed by atoms with Crippen molar-refractivity contribution in [3.8, 4) is 11.5 Å². The molecule has 0 saturated carbocycles. The van der Waals surface area contributed by atoms with Crippen LogP contribution in [0.1, 0.15) is 38.2 Å². The van der Waals surface area contributed by atoms with Crippen molar-refractivity contribution in [3.63, 3.8) is 0 Å². The largest absolute Gasteiger partial charge is 0.457 e. The van der Waals surface area contributed by atoms with Crippen molar-refractivity contribution in [1.82, 2.24) is 15.1 Å². The van der Waals surface area contributed by atoms with Gasteiger partial charge >= 0.3 is 6.03 Å². The zero-order valence-electron chi connectivity index (χ0n) is 20.3. The number of ether oxygens (including phenoxy) is 1. The minimum Gasteiger partial charge on any atom is -0.457 e. The third-order valence-electron chi connectivity index (χ3n) is 5.95. The summed E-state index contributed by atoms with van der Waals surface area (Å²) in [6.07, 6.45) is 5.21. The lowest BCUT2D eigenvalue weighted by molar-refractivity contribution is 0.117. The monoisotopic (exact) mass is 488 g/mol. The first-order chi connectivity index (χ1) is 16.3. The van der Waals surface area contributed by atoms with Crippen LogP contribution in [0.2, 0.25) is 0 Å². The van der Waals surface area contributed by atoms with Gasteiger partial charge in [0.2, 0.25) is 10.0 Å². The molecule has 0 radical (unpaired) electrons. The molecule has 2 N–H and O–H groups in total. The number of likely N-dealkylation sites (tertiary alicyclic amines) is 1. The number of nitrogens with one attached hydrogen (secondary N) is 2. The molecule has 8 nitrogen and oxygen atoms in total. The molecule has 1 fully saturated rings. The van der Waals surface area contributed by atoms with Gasteiger partial charge in [0.25, 0.3) is 0 Å². The Morgan fingerprint density at radius 1 is 1.06 bits per heavy atom. The fourth-order valence-electron chi connectivity index (χ4n) is 4.17. The summed E-state index contributed by atoms with van der Waals surface area (Å²) in [4.78, 5) is 16.7. The molecular weight excluding hydrogens is 452 g/mol. The standard InChI is InChI=1S/C25H36N4O4S/c1-4-5-16-29(25(30)26-2)22-14-17-28(18-15-22)19-20-6-10-23(11-7-20)33-24-12-8-21(9-13-24)27-34(3,31)32/h6-13,22,27H,4-5,14-19H2,1-3H3,(H,26,30). The van der Waals surface area contributed by atoms with Gasteiger partial charge in [0.1, 0.15) is 11.5 Å². The Labute approximate surface area is 203 Å². The average Bonchev–Trinajstić information content (AvgIpc) is 2.81. The fourth-order valence-corrected chi connectivity index (χ4v) is 4.74. The molecule has 0 spiro atoms. The zero-order chi connectivity index (χ0) is 24.6. The minimum absolute atomic E-state index is 0.0313. The summed E-state index contributed by atoms with van der Waals surface area (Å²) in [6.45, 7) is 5.77. The zero-order valence-corrected chi connectivity index (χ0v) is 21.1. The van der Waals surface area contributed by atoms with Gasteiger partial charge in [-0.1, -0.05) is 25.5 Å². The average molecular weight is 489 g/mol. The number of carbonyl (C=O) groups excluding carboxylic acids is 1. The van der Waals surface area contributed by atoms with Gasteiger partial charge in [0.15, 0.2) is 0 Å². The maximum atomic E-state index is 12.3. The van der Waals surface area contributed by atoms with E-state index in [9.17, 15) is 13.2 Å². The van der Waals surface area contributed by atoms with Gasteiger partial charge in [-0.25, -0.2) is 13.2 Å². The van der Waals surface area contributed by atoms with E-state index in [-0.39, 0.29) is 6.03 Å². The summed E-state index contributed by atoms with van der Waals surface area (Å²) in [6, 6.07) is 15.2. The predicted octanol–water partition coefficient (Wildman–Crippen LogP) is 4.26. The van der Waals surface area contributed by atoms with Gasteiger partial charge in [0, 0.05) is 45.0 Å². The molecule has 9 heteroatoms. The first-order valence-corrected chi connectivity index (χ1v) is 13.7. The highest BCUT2D eigenvalue weighted by Crippen LogP contribution is 2.25. The molecule has 186 valence electrons. The van der Waals surface area contributed by atoms with Crippen LogP contribution in [0.25, 0.3) is 0 Å². The second kappa shape index (κ2) is 12.1. The van der Waals surface area contributed by atoms with Crippen LogP contribution < -0.4 is 14.8 Å². The molecule has 1 aliphatic rings. The van der Waals surface area contributed by atoms with E-state index >= 15 is 0 Å². The lowest BCUT2D eigenvalue weighted by atomic mass is 10.0. The molecule has 0 bridgehead atoms. The van der Waals surface area contributed by atoms with Crippen molar-refractivity contribution in [2.45, 2.75) is 45.2 Å².